The van der Waals surface area contributed by atoms with Crippen molar-refractivity contribution in [3.8, 4) is 0 Å². The van der Waals surface area contributed by atoms with Crippen molar-refractivity contribution in [2.24, 2.45) is 0 Å². The summed E-state index contributed by atoms with van der Waals surface area (Å²) in [4.78, 5) is 16.9. The summed E-state index contributed by atoms with van der Waals surface area (Å²) < 4.78 is 0. The average Bonchev–Trinajstić information content (AvgIpc) is 2.89. The number of carbonyl (C=O) groups is 1. The summed E-state index contributed by atoms with van der Waals surface area (Å²) in [6.45, 7) is 2.82. The maximum absolute atomic E-state index is 12.3. The van der Waals surface area contributed by atoms with Gasteiger partial charge in [-0.05, 0) is 24.6 Å². The molecule has 104 valence electrons. The van der Waals surface area contributed by atoms with Crippen LogP contribution in [0.25, 0.3) is 0 Å². The van der Waals surface area contributed by atoms with Crippen LogP contribution in [0.4, 0.5) is 0 Å². The van der Waals surface area contributed by atoms with Gasteiger partial charge in [-0.1, -0.05) is 30.3 Å². The average molecular weight is 303 g/mol. The van der Waals surface area contributed by atoms with E-state index >= 15 is 0 Å². The smallest absolute Gasteiger partial charge is 0.224 e. The Morgan fingerprint density at radius 3 is 2.70 bits per heavy atom. The first kappa shape index (κ1) is 13.7. The van der Waals surface area contributed by atoms with Gasteiger partial charge in [0.1, 0.15) is 5.37 Å². The van der Waals surface area contributed by atoms with Gasteiger partial charge in [0.15, 0.2) is 0 Å². The van der Waals surface area contributed by atoms with E-state index in [1.54, 1.807) is 11.3 Å². The van der Waals surface area contributed by atoms with Crippen molar-refractivity contribution in [1.29, 1.82) is 0 Å². The van der Waals surface area contributed by atoms with Gasteiger partial charge in [0.05, 0.1) is 0 Å². The summed E-state index contributed by atoms with van der Waals surface area (Å²) in [7, 11) is 0. The van der Waals surface area contributed by atoms with E-state index in [1.165, 1.54) is 15.3 Å². The fourth-order valence-corrected chi connectivity index (χ4v) is 4.75. The zero-order valence-corrected chi connectivity index (χ0v) is 13.0. The second-order valence-electron chi connectivity index (χ2n) is 4.93. The lowest BCUT2D eigenvalue weighted by Crippen LogP contribution is -2.36. The summed E-state index contributed by atoms with van der Waals surface area (Å²) in [5.41, 5.74) is 1.20. The standard InChI is InChI=1S/C16H17NOS2/c1-12-7-8-14(20-12)16-17(15(18)9-10-19-16)11-13-5-3-2-4-6-13/h2-8,16H,9-11H2,1H3. The summed E-state index contributed by atoms with van der Waals surface area (Å²) in [5.74, 6) is 1.19. The van der Waals surface area contributed by atoms with E-state index in [1.807, 2.05) is 34.9 Å². The lowest BCUT2D eigenvalue weighted by atomic mass is 10.2. The summed E-state index contributed by atoms with van der Waals surface area (Å²) in [5, 5.41) is 0.176. The Labute approximate surface area is 127 Å². The SMILES string of the molecule is Cc1ccc(C2SCCC(=O)N2Cc2ccccc2)s1. The molecule has 0 saturated carbocycles. The summed E-state index contributed by atoms with van der Waals surface area (Å²) in [6, 6.07) is 14.5. The number of nitrogens with zero attached hydrogens (tertiary/aromatic N) is 1. The third kappa shape index (κ3) is 2.91. The first-order valence-corrected chi connectivity index (χ1v) is 8.62. The highest BCUT2D eigenvalue weighted by atomic mass is 32.2. The molecule has 1 aliphatic rings. The molecule has 0 radical (unpaired) electrons. The second-order valence-corrected chi connectivity index (χ2v) is 7.44. The number of hydrogen-bond acceptors (Lipinski definition) is 3. The Hall–Kier alpha value is -1.26. The van der Waals surface area contributed by atoms with Gasteiger partial charge >= 0.3 is 0 Å². The highest BCUT2D eigenvalue weighted by Crippen LogP contribution is 2.40. The lowest BCUT2D eigenvalue weighted by Gasteiger charge is -2.34. The zero-order chi connectivity index (χ0) is 13.9. The molecule has 1 aliphatic heterocycles. The molecule has 1 aromatic carbocycles. The van der Waals surface area contributed by atoms with Crippen molar-refractivity contribution >= 4 is 29.0 Å². The first-order chi connectivity index (χ1) is 9.74. The number of thioether (sulfide) groups is 1. The van der Waals surface area contributed by atoms with Crippen LogP contribution in [0.15, 0.2) is 42.5 Å². The van der Waals surface area contributed by atoms with Gasteiger partial charge in [-0.3, -0.25) is 4.79 Å². The zero-order valence-electron chi connectivity index (χ0n) is 11.4. The van der Waals surface area contributed by atoms with Crippen LogP contribution in [0.5, 0.6) is 0 Å². The maximum Gasteiger partial charge on any atom is 0.224 e. The molecule has 1 aromatic heterocycles. The largest absolute Gasteiger partial charge is 0.321 e. The summed E-state index contributed by atoms with van der Waals surface area (Å²) >= 11 is 3.67. The van der Waals surface area contributed by atoms with E-state index in [2.05, 4.69) is 31.2 Å². The Kier molecular flexibility index (Phi) is 4.13. The van der Waals surface area contributed by atoms with Gasteiger partial charge in [-0.15, -0.1) is 23.1 Å². The molecular formula is C16H17NOS2. The fraction of sp³-hybridized carbons (Fsp3) is 0.312. The lowest BCUT2D eigenvalue weighted by molar-refractivity contribution is -0.132. The van der Waals surface area contributed by atoms with Crippen molar-refractivity contribution in [3.05, 3.63) is 57.8 Å². The predicted octanol–water partition coefficient (Wildman–Crippen LogP) is 4.22. The molecule has 1 fully saturated rings. The predicted molar refractivity (Wildman–Crippen MR) is 85.9 cm³/mol. The minimum absolute atomic E-state index is 0.176. The van der Waals surface area contributed by atoms with Crippen molar-refractivity contribution < 1.29 is 4.79 Å². The monoisotopic (exact) mass is 303 g/mol. The molecule has 0 bridgehead atoms. The first-order valence-electron chi connectivity index (χ1n) is 6.75. The van der Waals surface area contributed by atoms with E-state index in [0.717, 1.165) is 5.75 Å². The van der Waals surface area contributed by atoms with E-state index in [9.17, 15) is 4.79 Å². The molecule has 4 heteroatoms. The number of aryl methyl sites for hydroxylation is 1. The number of carbonyl (C=O) groups excluding carboxylic acids is 1. The molecule has 0 N–H and O–H groups in total. The number of rotatable bonds is 3. The van der Waals surface area contributed by atoms with Crippen LogP contribution in [0, 0.1) is 6.92 Å². The third-order valence-electron chi connectivity index (χ3n) is 3.40. The van der Waals surface area contributed by atoms with Crippen molar-refractivity contribution in [2.45, 2.75) is 25.3 Å². The van der Waals surface area contributed by atoms with Gasteiger partial charge in [0, 0.05) is 28.5 Å². The molecule has 3 rings (SSSR count). The Bertz CT molecular complexity index is 594. The highest BCUT2D eigenvalue weighted by Gasteiger charge is 2.30. The van der Waals surface area contributed by atoms with Crippen LogP contribution < -0.4 is 0 Å². The molecule has 2 heterocycles. The molecule has 1 unspecified atom stereocenters. The Balaban J connectivity index is 1.85. The maximum atomic E-state index is 12.3. The molecule has 0 spiro atoms. The molecule has 1 saturated heterocycles. The van der Waals surface area contributed by atoms with Crippen molar-refractivity contribution in [3.63, 3.8) is 0 Å². The van der Waals surface area contributed by atoms with Crippen LogP contribution in [-0.4, -0.2) is 16.6 Å². The van der Waals surface area contributed by atoms with Crippen LogP contribution in [-0.2, 0) is 11.3 Å². The Morgan fingerprint density at radius 1 is 1.20 bits per heavy atom. The van der Waals surface area contributed by atoms with Crippen LogP contribution in [0.2, 0.25) is 0 Å². The third-order valence-corrected chi connectivity index (χ3v) is 5.86. The van der Waals surface area contributed by atoms with E-state index in [4.69, 9.17) is 0 Å². The summed E-state index contributed by atoms with van der Waals surface area (Å²) in [6.07, 6.45) is 0.651. The van der Waals surface area contributed by atoms with Crippen molar-refractivity contribution in [2.75, 3.05) is 5.75 Å². The van der Waals surface area contributed by atoms with Crippen LogP contribution in [0.3, 0.4) is 0 Å². The number of benzene rings is 1. The molecule has 2 aromatic rings. The molecule has 1 atom stereocenters. The normalized spacial score (nSPS) is 19.4. The van der Waals surface area contributed by atoms with Gasteiger partial charge in [-0.2, -0.15) is 0 Å². The van der Waals surface area contributed by atoms with E-state index in [-0.39, 0.29) is 11.3 Å². The minimum Gasteiger partial charge on any atom is -0.321 e. The molecular weight excluding hydrogens is 286 g/mol. The second kappa shape index (κ2) is 6.02. The van der Waals surface area contributed by atoms with Crippen LogP contribution in [0.1, 0.15) is 27.1 Å². The van der Waals surface area contributed by atoms with E-state index < -0.39 is 0 Å². The fourth-order valence-electron chi connectivity index (χ4n) is 2.40. The highest BCUT2D eigenvalue weighted by molar-refractivity contribution is 7.99. The van der Waals surface area contributed by atoms with E-state index in [0.29, 0.717) is 13.0 Å². The molecule has 1 amide bonds. The molecule has 20 heavy (non-hydrogen) atoms. The number of amides is 1. The quantitative estimate of drug-likeness (QED) is 0.846. The molecule has 0 aliphatic carbocycles. The Morgan fingerprint density at radius 2 is 2.00 bits per heavy atom. The van der Waals surface area contributed by atoms with Gasteiger partial charge in [-0.25, -0.2) is 0 Å². The van der Waals surface area contributed by atoms with Crippen LogP contribution >= 0.6 is 23.1 Å². The van der Waals surface area contributed by atoms with Gasteiger partial charge in [0.2, 0.25) is 5.91 Å². The van der Waals surface area contributed by atoms with Gasteiger partial charge < -0.3 is 4.90 Å². The number of hydrogen-bond donors (Lipinski definition) is 0. The topological polar surface area (TPSA) is 20.3 Å². The molecule has 2 nitrogen and oxygen atoms in total. The van der Waals surface area contributed by atoms with Crippen molar-refractivity contribution in [1.82, 2.24) is 4.90 Å². The van der Waals surface area contributed by atoms with Gasteiger partial charge in [0.25, 0.3) is 0 Å². The minimum atomic E-state index is 0.176. The number of thiophene rings is 1.